The van der Waals surface area contributed by atoms with Crippen LogP contribution in [0.25, 0.3) is 0 Å². The monoisotopic (exact) mass is 324 g/mol. The predicted octanol–water partition coefficient (Wildman–Crippen LogP) is 4.51. The van der Waals surface area contributed by atoms with Crippen LogP contribution in [-0.4, -0.2) is 24.6 Å². The number of carbonyl (C=O) groups is 1. The largest absolute Gasteiger partial charge is 0.380 e. The van der Waals surface area contributed by atoms with Gasteiger partial charge in [-0.25, -0.2) is 4.79 Å². The van der Waals surface area contributed by atoms with Crippen LogP contribution in [-0.2, 0) is 11.3 Å². The second-order valence-electron chi connectivity index (χ2n) is 6.23. The number of rotatable bonds is 4. The van der Waals surface area contributed by atoms with Gasteiger partial charge in [0.15, 0.2) is 0 Å². The number of aryl methyl sites for hydroxylation is 1. The Balaban J connectivity index is 1.78. The van der Waals surface area contributed by atoms with Gasteiger partial charge in [0.05, 0.1) is 12.6 Å². The second kappa shape index (κ2) is 7.49. The van der Waals surface area contributed by atoms with Crippen LogP contribution in [0.15, 0.2) is 48.5 Å². The summed E-state index contributed by atoms with van der Waals surface area (Å²) in [6, 6.07) is 16.2. The van der Waals surface area contributed by atoms with Gasteiger partial charge in [-0.2, -0.15) is 0 Å². The number of hydrogen-bond donors (Lipinski definition) is 1. The van der Waals surface area contributed by atoms with Crippen molar-refractivity contribution in [1.29, 1.82) is 0 Å². The molecular weight excluding hydrogens is 300 g/mol. The van der Waals surface area contributed by atoms with Crippen molar-refractivity contribution in [2.24, 2.45) is 0 Å². The minimum absolute atomic E-state index is 0.0377. The van der Waals surface area contributed by atoms with Crippen LogP contribution in [0.4, 0.5) is 10.5 Å². The molecular formula is C20H24N2O2. The summed E-state index contributed by atoms with van der Waals surface area (Å²) in [5.74, 6) is 0. The molecule has 24 heavy (non-hydrogen) atoms. The van der Waals surface area contributed by atoms with Gasteiger partial charge >= 0.3 is 6.03 Å². The molecule has 126 valence electrons. The van der Waals surface area contributed by atoms with Crippen LogP contribution < -0.4 is 5.32 Å². The predicted molar refractivity (Wildman–Crippen MR) is 96.0 cm³/mol. The van der Waals surface area contributed by atoms with Gasteiger partial charge in [-0.05, 0) is 37.0 Å². The Morgan fingerprint density at radius 2 is 1.96 bits per heavy atom. The highest BCUT2D eigenvalue weighted by Gasteiger charge is 2.30. The minimum Gasteiger partial charge on any atom is -0.380 e. The number of amides is 2. The van der Waals surface area contributed by atoms with Gasteiger partial charge in [0.1, 0.15) is 0 Å². The van der Waals surface area contributed by atoms with Crippen molar-refractivity contribution in [3.63, 3.8) is 0 Å². The minimum atomic E-state index is -0.0377. The van der Waals surface area contributed by atoms with Crippen molar-refractivity contribution in [3.05, 3.63) is 65.2 Å². The van der Waals surface area contributed by atoms with Crippen molar-refractivity contribution in [3.8, 4) is 0 Å². The third kappa shape index (κ3) is 3.44. The zero-order valence-corrected chi connectivity index (χ0v) is 14.3. The van der Waals surface area contributed by atoms with Crippen LogP contribution in [0.2, 0.25) is 0 Å². The number of hydrogen-bond acceptors (Lipinski definition) is 2. The molecule has 0 saturated carbocycles. The third-order valence-electron chi connectivity index (χ3n) is 4.62. The van der Waals surface area contributed by atoms with Crippen molar-refractivity contribution < 1.29 is 9.53 Å². The first kappa shape index (κ1) is 16.5. The van der Waals surface area contributed by atoms with E-state index in [2.05, 4.69) is 24.4 Å². The van der Waals surface area contributed by atoms with Crippen LogP contribution in [0, 0.1) is 6.92 Å². The van der Waals surface area contributed by atoms with E-state index in [1.807, 2.05) is 41.3 Å². The summed E-state index contributed by atoms with van der Waals surface area (Å²) in [5.41, 5.74) is 4.29. The molecule has 4 nitrogen and oxygen atoms in total. The van der Waals surface area contributed by atoms with E-state index in [1.165, 1.54) is 11.1 Å². The molecule has 1 atom stereocenters. The van der Waals surface area contributed by atoms with Crippen molar-refractivity contribution >= 4 is 11.7 Å². The normalized spacial score (nSPS) is 17.1. The Kier molecular flexibility index (Phi) is 5.16. The van der Waals surface area contributed by atoms with Crippen molar-refractivity contribution in [1.82, 2.24) is 4.90 Å². The number of urea groups is 1. The smallest absolute Gasteiger partial charge is 0.322 e. The molecule has 2 aromatic rings. The number of likely N-dealkylation sites (tertiary alicyclic amines) is 1. The molecule has 0 bridgehead atoms. The topological polar surface area (TPSA) is 41.6 Å². The molecule has 1 saturated heterocycles. The Hall–Kier alpha value is -2.33. The number of nitrogens with zero attached hydrogens (tertiary/aromatic N) is 1. The van der Waals surface area contributed by atoms with E-state index >= 15 is 0 Å². The Morgan fingerprint density at radius 3 is 2.75 bits per heavy atom. The number of nitrogens with one attached hydrogen (secondary N) is 1. The van der Waals surface area contributed by atoms with E-state index < -0.39 is 0 Å². The maximum Gasteiger partial charge on any atom is 0.322 e. The Bertz CT molecular complexity index is 714. The fourth-order valence-electron chi connectivity index (χ4n) is 3.40. The number of methoxy groups -OCH3 is 1. The van der Waals surface area contributed by atoms with Gasteiger partial charge in [0.25, 0.3) is 0 Å². The summed E-state index contributed by atoms with van der Waals surface area (Å²) in [6.07, 6.45) is 2.05. The molecule has 0 aliphatic carbocycles. The first-order chi connectivity index (χ1) is 11.7. The van der Waals surface area contributed by atoms with Gasteiger partial charge in [-0.15, -0.1) is 0 Å². The summed E-state index contributed by atoms with van der Waals surface area (Å²) in [6.45, 7) is 3.38. The van der Waals surface area contributed by atoms with Crippen LogP contribution in [0.3, 0.4) is 0 Å². The highest BCUT2D eigenvalue weighted by Crippen LogP contribution is 2.34. The third-order valence-corrected chi connectivity index (χ3v) is 4.62. The average molecular weight is 324 g/mol. The zero-order valence-electron chi connectivity index (χ0n) is 14.3. The fourth-order valence-corrected chi connectivity index (χ4v) is 3.40. The molecule has 1 fully saturated rings. The SMILES string of the molecule is COCc1ccccc1NC(=O)N1CCCC1c1ccccc1C. The van der Waals surface area contributed by atoms with Crippen LogP contribution in [0.5, 0.6) is 0 Å². The fraction of sp³-hybridized carbons (Fsp3) is 0.350. The highest BCUT2D eigenvalue weighted by atomic mass is 16.5. The summed E-state index contributed by atoms with van der Waals surface area (Å²) in [4.78, 5) is 14.8. The lowest BCUT2D eigenvalue weighted by Gasteiger charge is -2.27. The van der Waals surface area contributed by atoms with Crippen molar-refractivity contribution in [2.75, 3.05) is 19.0 Å². The molecule has 0 aromatic heterocycles. The number of carbonyl (C=O) groups excluding carboxylic acids is 1. The van der Waals surface area contributed by atoms with Gasteiger partial charge < -0.3 is 15.0 Å². The van der Waals surface area contributed by atoms with Gasteiger partial charge in [0.2, 0.25) is 0 Å². The summed E-state index contributed by atoms with van der Waals surface area (Å²) < 4.78 is 5.22. The highest BCUT2D eigenvalue weighted by molar-refractivity contribution is 5.90. The number of para-hydroxylation sites is 1. The summed E-state index contributed by atoms with van der Waals surface area (Å²) in [7, 11) is 1.66. The maximum atomic E-state index is 12.8. The van der Waals surface area contributed by atoms with Gasteiger partial charge in [-0.1, -0.05) is 42.5 Å². The van der Waals surface area contributed by atoms with Gasteiger partial charge in [0, 0.05) is 24.9 Å². The Morgan fingerprint density at radius 1 is 1.21 bits per heavy atom. The average Bonchev–Trinajstić information content (AvgIpc) is 3.07. The molecule has 3 rings (SSSR count). The number of benzene rings is 2. The van der Waals surface area contributed by atoms with E-state index in [0.29, 0.717) is 6.61 Å². The maximum absolute atomic E-state index is 12.8. The summed E-state index contributed by atoms with van der Waals surface area (Å²) >= 11 is 0. The molecule has 4 heteroatoms. The molecule has 1 unspecified atom stereocenters. The number of anilines is 1. The standard InChI is InChI=1S/C20H24N2O2/c1-15-8-3-5-10-17(15)19-12-7-13-22(19)20(23)21-18-11-6-4-9-16(18)14-24-2/h3-6,8-11,19H,7,12-14H2,1-2H3,(H,21,23). The molecule has 1 aliphatic rings. The van der Waals surface area contributed by atoms with E-state index in [1.54, 1.807) is 7.11 Å². The second-order valence-corrected chi connectivity index (χ2v) is 6.23. The lowest BCUT2D eigenvalue weighted by molar-refractivity contribution is 0.185. The van der Waals surface area contributed by atoms with E-state index in [0.717, 1.165) is 30.6 Å². The first-order valence-electron chi connectivity index (χ1n) is 8.40. The van der Waals surface area contributed by atoms with E-state index in [9.17, 15) is 4.79 Å². The molecule has 0 radical (unpaired) electrons. The quantitative estimate of drug-likeness (QED) is 0.899. The van der Waals surface area contributed by atoms with Crippen LogP contribution in [0.1, 0.15) is 35.6 Å². The van der Waals surface area contributed by atoms with Crippen molar-refractivity contribution in [2.45, 2.75) is 32.4 Å². The molecule has 2 amide bonds. The molecule has 2 aromatic carbocycles. The van der Waals surface area contributed by atoms with E-state index in [-0.39, 0.29) is 12.1 Å². The molecule has 1 aliphatic heterocycles. The molecule has 1 N–H and O–H groups in total. The first-order valence-corrected chi connectivity index (χ1v) is 8.40. The lowest BCUT2D eigenvalue weighted by Crippen LogP contribution is -2.35. The molecule has 1 heterocycles. The zero-order chi connectivity index (χ0) is 16.9. The summed E-state index contributed by atoms with van der Waals surface area (Å²) in [5, 5.41) is 3.06. The number of ether oxygens (including phenoxy) is 1. The van der Waals surface area contributed by atoms with E-state index in [4.69, 9.17) is 4.74 Å². The lowest BCUT2D eigenvalue weighted by atomic mass is 9.99. The van der Waals surface area contributed by atoms with Gasteiger partial charge in [-0.3, -0.25) is 0 Å². The Labute approximate surface area is 143 Å². The molecule has 0 spiro atoms. The van der Waals surface area contributed by atoms with Crippen LogP contribution >= 0.6 is 0 Å².